The molecule has 0 radical (unpaired) electrons. The molecule has 1 aromatic heterocycles. The zero-order chi connectivity index (χ0) is 13.1. The van der Waals surface area contributed by atoms with Crippen molar-refractivity contribution in [2.24, 2.45) is 5.73 Å². The van der Waals surface area contributed by atoms with Gasteiger partial charge in [0.1, 0.15) is 0 Å². The molecule has 18 heavy (non-hydrogen) atoms. The van der Waals surface area contributed by atoms with Gasteiger partial charge in [-0.1, -0.05) is 13.0 Å². The van der Waals surface area contributed by atoms with E-state index < -0.39 is 0 Å². The summed E-state index contributed by atoms with van der Waals surface area (Å²) in [4.78, 5) is 0. The smallest absolute Gasteiger partial charge is 0.0651 e. The van der Waals surface area contributed by atoms with Crippen LogP contribution in [0.25, 0.3) is 5.69 Å². The SMILES string of the molecule is CCc1c(CCN)cnn1-c1ccc(C)c(C)c1. The third-order valence-corrected chi connectivity index (χ3v) is 3.44. The van der Waals surface area contributed by atoms with Crippen molar-refractivity contribution in [3.8, 4) is 5.69 Å². The van der Waals surface area contributed by atoms with Crippen LogP contribution in [0.4, 0.5) is 0 Å². The number of hydrogen-bond donors (Lipinski definition) is 1. The summed E-state index contributed by atoms with van der Waals surface area (Å²) < 4.78 is 2.04. The van der Waals surface area contributed by atoms with E-state index in [-0.39, 0.29) is 0 Å². The van der Waals surface area contributed by atoms with Gasteiger partial charge in [0.25, 0.3) is 0 Å². The molecule has 0 saturated heterocycles. The van der Waals surface area contributed by atoms with Crippen LogP contribution in [0.1, 0.15) is 29.3 Å². The van der Waals surface area contributed by atoms with Gasteiger partial charge in [0, 0.05) is 5.69 Å². The molecule has 0 spiro atoms. The average Bonchev–Trinajstić information content (AvgIpc) is 2.76. The number of rotatable bonds is 4. The zero-order valence-electron chi connectivity index (χ0n) is 11.4. The average molecular weight is 243 g/mol. The molecule has 0 aliphatic rings. The summed E-state index contributed by atoms with van der Waals surface area (Å²) >= 11 is 0. The Hall–Kier alpha value is -1.61. The third-order valence-electron chi connectivity index (χ3n) is 3.44. The Morgan fingerprint density at radius 1 is 1.22 bits per heavy atom. The van der Waals surface area contributed by atoms with Crippen LogP contribution in [0.5, 0.6) is 0 Å². The molecular formula is C15H21N3. The summed E-state index contributed by atoms with van der Waals surface area (Å²) in [5, 5.41) is 4.51. The molecule has 0 saturated carbocycles. The second kappa shape index (κ2) is 5.36. The van der Waals surface area contributed by atoms with E-state index in [1.165, 1.54) is 22.4 Å². The fourth-order valence-corrected chi connectivity index (χ4v) is 2.23. The molecule has 2 rings (SSSR count). The summed E-state index contributed by atoms with van der Waals surface area (Å²) in [7, 11) is 0. The van der Waals surface area contributed by atoms with E-state index >= 15 is 0 Å². The fourth-order valence-electron chi connectivity index (χ4n) is 2.23. The van der Waals surface area contributed by atoms with Gasteiger partial charge >= 0.3 is 0 Å². The van der Waals surface area contributed by atoms with Gasteiger partial charge in [-0.15, -0.1) is 0 Å². The topological polar surface area (TPSA) is 43.8 Å². The minimum Gasteiger partial charge on any atom is -0.330 e. The Kier molecular flexibility index (Phi) is 3.82. The predicted octanol–water partition coefficient (Wildman–Crippen LogP) is 2.55. The van der Waals surface area contributed by atoms with Crippen LogP contribution >= 0.6 is 0 Å². The lowest BCUT2D eigenvalue weighted by Gasteiger charge is -2.09. The first-order valence-electron chi connectivity index (χ1n) is 6.50. The van der Waals surface area contributed by atoms with E-state index in [0.29, 0.717) is 6.54 Å². The van der Waals surface area contributed by atoms with Crippen molar-refractivity contribution >= 4 is 0 Å². The Morgan fingerprint density at radius 3 is 2.61 bits per heavy atom. The van der Waals surface area contributed by atoms with Crippen molar-refractivity contribution in [1.29, 1.82) is 0 Å². The van der Waals surface area contributed by atoms with Crippen molar-refractivity contribution in [2.45, 2.75) is 33.6 Å². The molecule has 0 aliphatic carbocycles. The van der Waals surface area contributed by atoms with Gasteiger partial charge in [-0.3, -0.25) is 0 Å². The van der Waals surface area contributed by atoms with Crippen molar-refractivity contribution in [3.05, 3.63) is 46.8 Å². The van der Waals surface area contributed by atoms with Crippen LogP contribution in [0, 0.1) is 13.8 Å². The maximum atomic E-state index is 5.64. The number of aryl methyl sites for hydroxylation is 2. The van der Waals surface area contributed by atoms with Crippen molar-refractivity contribution in [2.75, 3.05) is 6.54 Å². The molecule has 0 atom stereocenters. The van der Waals surface area contributed by atoms with E-state index in [4.69, 9.17) is 5.73 Å². The summed E-state index contributed by atoms with van der Waals surface area (Å²) in [6.07, 6.45) is 3.82. The van der Waals surface area contributed by atoms with Crippen molar-refractivity contribution in [1.82, 2.24) is 9.78 Å². The van der Waals surface area contributed by atoms with Gasteiger partial charge in [0.15, 0.2) is 0 Å². The first-order chi connectivity index (χ1) is 8.67. The minimum absolute atomic E-state index is 0.672. The Balaban J connectivity index is 2.46. The van der Waals surface area contributed by atoms with Gasteiger partial charge in [-0.25, -0.2) is 4.68 Å². The molecule has 3 nitrogen and oxygen atoms in total. The lowest BCUT2D eigenvalue weighted by atomic mass is 10.1. The number of nitrogens with two attached hydrogens (primary N) is 1. The highest BCUT2D eigenvalue weighted by Crippen LogP contribution is 2.18. The highest BCUT2D eigenvalue weighted by Gasteiger charge is 2.10. The van der Waals surface area contributed by atoms with Crippen molar-refractivity contribution in [3.63, 3.8) is 0 Å². The molecule has 0 amide bonds. The normalized spacial score (nSPS) is 10.9. The first kappa shape index (κ1) is 12.8. The van der Waals surface area contributed by atoms with E-state index in [0.717, 1.165) is 18.5 Å². The zero-order valence-corrected chi connectivity index (χ0v) is 11.4. The highest BCUT2D eigenvalue weighted by atomic mass is 15.3. The third kappa shape index (κ3) is 2.31. The molecule has 2 aromatic rings. The molecule has 0 bridgehead atoms. The van der Waals surface area contributed by atoms with Crippen LogP contribution in [0.15, 0.2) is 24.4 Å². The first-order valence-corrected chi connectivity index (χ1v) is 6.50. The van der Waals surface area contributed by atoms with Gasteiger partial charge in [0.2, 0.25) is 0 Å². The molecule has 1 aromatic carbocycles. The van der Waals surface area contributed by atoms with E-state index in [2.05, 4.69) is 44.1 Å². The number of aromatic nitrogens is 2. The second-order valence-corrected chi connectivity index (χ2v) is 4.69. The summed E-state index contributed by atoms with van der Waals surface area (Å²) in [6, 6.07) is 6.46. The molecule has 0 fully saturated rings. The van der Waals surface area contributed by atoms with Gasteiger partial charge in [-0.2, -0.15) is 5.10 Å². The molecule has 96 valence electrons. The van der Waals surface area contributed by atoms with E-state index in [1.54, 1.807) is 0 Å². The maximum Gasteiger partial charge on any atom is 0.0651 e. The Bertz CT molecular complexity index is 541. The van der Waals surface area contributed by atoms with Crippen LogP contribution in [0.2, 0.25) is 0 Å². The summed E-state index contributed by atoms with van der Waals surface area (Å²) in [6.45, 7) is 7.09. The molecule has 1 heterocycles. The predicted molar refractivity (Wildman–Crippen MR) is 75.2 cm³/mol. The van der Waals surface area contributed by atoms with Gasteiger partial charge < -0.3 is 5.73 Å². The van der Waals surface area contributed by atoms with E-state index in [1.807, 2.05) is 10.9 Å². The maximum absolute atomic E-state index is 5.64. The summed E-state index contributed by atoms with van der Waals surface area (Å²) in [5.41, 5.74) is 11.9. The van der Waals surface area contributed by atoms with Gasteiger partial charge in [-0.05, 0) is 62.1 Å². The largest absolute Gasteiger partial charge is 0.330 e. The molecule has 2 N–H and O–H groups in total. The lowest BCUT2D eigenvalue weighted by molar-refractivity contribution is 0.804. The Labute approximate surface area is 109 Å². The van der Waals surface area contributed by atoms with Crippen LogP contribution in [-0.4, -0.2) is 16.3 Å². The Morgan fingerprint density at radius 2 is 2.00 bits per heavy atom. The quantitative estimate of drug-likeness (QED) is 0.897. The lowest BCUT2D eigenvalue weighted by Crippen LogP contribution is -2.07. The summed E-state index contributed by atoms with van der Waals surface area (Å²) in [5.74, 6) is 0. The van der Waals surface area contributed by atoms with Crippen LogP contribution < -0.4 is 5.73 Å². The number of nitrogens with zero attached hydrogens (tertiary/aromatic N) is 2. The van der Waals surface area contributed by atoms with Gasteiger partial charge in [0.05, 0.1) is 11.9 Å². The molecular weight excluding hydrogens is 222 g/mol. The van der Waals surface area contributed by atoms with E-state index in [9.17, 15) is 0 Å². The highest BCUT2D eigenvalue weighted by molar-refractivity contribution is 5.41. The van der Waals surface area contributed by atoms with Crippen LogP contribution in [-0.2, 0) is 12.8 Å². The molecule has 0 unspecified atom stereocenters. The second-order valence-electron chi connectivity index (χ2n) is 4.69. The van der Waals surface area contributed by atoms with Crippen molar-refractivity contribution < 1.29 is 0 Å². The monoisotopic (exact) mass is 243 g/mol. The number of hydrogen-bond acceptors (Lipinski definition) is 2. The fraction of sp³-hybridized carbons (Fsp3) is 0.400. The number of benzene rings is 1. The standard InChI is InChI=1S/C15H21N3/c1-4-15-13(7-8-16)10-17-18(15)14-6-5-11(2)12(3)9-14/h5-6,9-10H,4,7-8,16H2,1-3H3. The minimum atomic E-state index is 0.672. The molecule has 0 aliphatic heterocycles. The van der Waals surface area contributed by atoms with Crippen LogP contribution in [0.3, 0.4) is 0 Å². The molecule has 3 heteroatoms.